The van der Waals surface area contributed by atoms with E-state index in [2.05, 4.69) is 21.6 Å². The van der Waals surface area contributed by atoms with Crippen LogP contribution in [0.2, 0.25) is 0 Å². The van der Waals surface area contributed by atoms with Crippen LogP contribution in [0.3, 0.4) is 0 Å². The van der Waals surface area contributed by atoms with E-state index in [1.54, 1.807) is 0 Å². The molecule has 1 aliphatic heterocycles. The number of halogens is 3. The van der Waals surface area contributed by atoms with E-state index in [0.29, 0.717) is 11.1 Å². The lowest BCUT2D eigenvalue weighted by Gasteiger charge is -2.26. The van der Waals surface area contributed by atoms with Crippen molar-refractivity contribution in [3.8, 4) is 17.6 Å². The molecule has 6 nitrogen and oxygen atoms in total. The first-order chi connectivity index (χ1) is 14.3. The van der Waals surface area contributed by atoms with Gasteiger partial charge in [0.2, 0.25) is 0 Å². The van der Waals surface area contributed by atoms with Gasteiger partial charge in [-0.15, -0.1) is 0 Å². The summed E-state index contributed by atoms with van der Waals surface area (Å²) in [4.78, 5) is 18.7. The predicted molar refractivity (Wildman–Crippen MR) is 103 cm³/mol. The first kappa shape index (κ1) is 21.2. The third-order valence-corrected chi connectivity index (χ3v) is 4.56. The molecule has 2 N–H and O–H groups in total. The van der Waals surface area contributed by atoms with E-state index >= 15 is 0 Å². The number of carbonyl (C=O) groups excluding carboxylic acids is 1. The molecule has 2 aromatic carbocycles. The third-order valence-electron chi connectivity index (χ3n) is 4.56. The summed E-state index contributed by atoms with van der Waals surface area (Å²) < 4.78 is 48.4. The molecular formula is C21H18F3N3O3. The highest BCUT2D eigenvalue weighted by Gasteiger charge is 2.49. The molecule has 1 heterocycles. The summed E-state index contributed by atoms with van der Waals surface area (Å²) in [5.74, 6) is 4.14. The molecule has 3 rings (SSSR count). The summed E-state index contributed by atoms with van der Waals surface area (Å²) in [6, 6.07) is 9.46. The van der Waals surface area contributed by atoms with Gasteiger partial charge in [0.25, 0.3) is 5.91 Å². The highest BCUT2D eigenvalue weighted by Crippen LogP contribution is 2.40. The van der Waals surface area contributed by atoms with Gasteiger partial charge in [0.05, 0.1) is 5.56 Å². The van der Waals surface area contributed by atoms with E-state index in [1.165, 1.54) is 61.5 Å². The lowest BCUT2D eigenvalue weighted by atomic mass is 9.82. The monoisotopic (exact) mass is 417 g/mol. The molecule has 0 bridgehead atoms. The van der Waals surface area contributed by atoms with Gasteiger partial charge in [0, 0.05) is 14.2 Å². The van der Waals surface area contributed by atoms with Crippen LogP contribution < -0.4 is 10.5 Å². The van der Waals surface area contributed by atoms with Crippen LogP contribution >= 0.6 is 0 Å². The van der Waals surface area contributed by atoms with Crippen LogP contribution in [0.1, 0.15) is 16.7 Å². The largest absolute Gasteiger partial charge is 0.435 e. The Morgan fingerprint density at radius 2 is 1.87 bits per heavy atom. The summed E-state index contributed by atoms with van der Waals surface area (Å²) in [6.07, 6.45) is 0. The fraction of sp³-hybridized carbons (Fsp3) is 0.238. The first-order valence-corrected chi connectivity index (χ1v) is 8.76. The number of rotatable bonds is 5. The van der Waals surface area contributed by atoms with Crippen molar-refractivity contribution < 1.29 is 27.4 Å². The maximum atomic E-state index is 14.2. The van der Waals surface area contributed by atoms with E-state index in [9.17, 15) is 18.0 Å². The minimum absolute atomic E-state index is 0.0377. The van der Waals surface area contributed by atoms with Gasteiger partial charge in [0.15, 0.2) is 11.5 Å². The van der Waals surface area contributed by atoms with Crippen LogP contribution in [0, 0.1) is 17.7 Å². The summed E-state index contributed by atoms with van der Waals surface area (Å²) in [5, 5.41) is 0. The summed E-state index contributed by atoms with van der Waals surface area (Å²) in [5.41, 5.74) is 5.00. The molecule has 30 heavy (non-hydrogen) atoms. The molecule has 9 heteroatoms. The number of hydrogen-bond donors (Lipinski definition) is 1. The maximum absolute atomic E-state index is 14.2. The topological polar surface area (TPSA) is 77.2 Å². The number of alkyl halides is 2. The molecule has 156 valence electrons. The number of carbonyl (C=O) groups is 1. The Balaban J connectivity index is 2.15. The summed E-state index contributed by atoms with van der Waals surface area (Å²) in [7, 11) is 2.92. The number of hydrogen-bond acceptors (Lipinski definition) is 5. The normalized spacial score (nSPS) is 18.3. The molecule has 0 aromatic heterocycles. The van der Waals surface area contributed by atoms with Crippen molar-refractivity contribution in [2.75, 3.05) is 20.8 Å². The van der Waals surface area contributed by atoms with E-state index in [0.717, 1.165) is 0 Å². The van der Waals surface area contributed by atoms with Gasteiger partial charge in [-0.25, -0.2) is 9.38 Å². The second-order valence-electron chi connectivity index (χ2n) is 6.38. The number of likely N-dealkylation sites (N-methyl/N-ethyl adjacent to an activating group) is 1. The minimum atomic E-state index is -2.98. The zero-order chi connectivity index (χ0) is 21.9. The van der Waals surface area contributed by atoms with Gasteiger partial charge < -0.3 is 15.2 Å². The van der Waals surface area contributed by atoms with Crippen molar-refractivity contribution in [2.45, 2.75) is 12.2 Å². The van der Waals surface area contributed by atoms with Crippen molar-refractivity contribution in [1.29, 1.82) is 0 Å². The van der Waals surface area contributed by atoms with Gasteiger partial charge in [0.1, 0.15) is 18.2 Å². The Labute approximate surface area is 171 Å². The Morgan fingerprint density at radius 3 is 2.43 bits per heavy atom. The Bertz CT molecular complexity index is 1040. The molecule has 0 fully saturated rings. The van der Waals surface area contributed by atoms with Crippen LogP contribution in [0.15, 0.2) is 47.5 Å². The van der Waals surface area contributed by atoms with Crippen molar-refractivity contribution >= 4 is 11.9 Å². The van der Waals surface area contributed by atoms with Gasteiger partial charge in [-0.05, 0) is 35.4 Å². The lowest BCUT2D eigenvalue weighted by Crippen LogP contribution is -2.41. The molecule has 0 unspecified atom stereocenters. The Morgan fingerprint density at radius 1 is 1.20 bits per heavy atom. The Kier molecular flexibility index (Phi) is 5.99. The molecule has 0 aliphatic carbocycles. The van der Waals surface area contributed by atoms with Crippen molar-refractivity contribution in [2.24, 2.45) is 10.7 Å². The highest BCUT2D eigenvalue weighted by molar-refractivity contribution is 6.08. The summed E-state index contributed by atoms with van der Waals surface area (Å²) in [6.45, 7) is -2.88. The Hall–Kier alpha value is -3.51. The van der Waals surface area contributed by atoms with Gasteiger partial charge in [-0.3, -0.25) is 9.69 Å². The molecule has 1 amide bonds. The summed E-state index contributed by atoms with van der Waals surface area (Å²) >= 11 is 0. The lowest BCUT2D eigenvalue weighted by molar-refractivity contribution is -0.129. The number of nitrogens with two attached hydrogens (primary N) is 1. The predicted octanol–water partition coefficient (Wildman–Crippen LogP) is 2.46. The fourth-order valence-electron chi connectivity index (χ4n) is 3.11. The number of benzene rings is 2. The molecule has 0 saturated heterocycles. The molecular weight excluding hydrogens is 399 g/mol. The van der Waals surface area contributed by atoms with Crippen molar-refractivity contribution in [1.82, 2.24) is 4.90 Å². The second-order valence-corrected chi connectivity index (χ2v) is 6.38. The number of nitrogens with zero attached hydrogens (tertiary/aromatic N) is 2. The quantitative estimate of drug-likeness (QED) is 0.759. The standard InChI is InChI=1S/C21H18F3N3O3/c1-27-18(28)21(26-20(27)25,14-5-8-16(9-6-14)30-19(23)24)15-7-10-17(22)13(12-15)4-3-11-29-2/h5-10,12,19H,11H2,1-2H3,(H2,25,26)/t21-/m1/s1. The average molecular weight is 417 g/mol. The number of guanidine groups is 1. The maximum Gasteiger partial charge on any atom is 0.387 e. The fourth-order valence-corrected chi connectivity index (χ4v) is 3.11. The first-order valence-electron chi connectivity index (χ1n) is 8.76. The second kappa shape index (κ2) is 8.47. The number of amides is 1. The van der Waals surface area contributed by atoms with Crippen molar-refractivity contribution in [3.63, 3.8) is 0 Å². The molecule has 0 saturated carbocycles. The van der Waals surface area contributed by atoms with Gasteiger partial charge >= 0.3 is 6.61 Å². The van der Waals surface area contributed by atoms with Gasteiger partial charge in [-0.2, -0.15) is 8.78 Å². The highest BCUT2D eigenvalue weighted by atomic mass is 19.3. The van der Waals surface area contributed by atoms with E-state index < -0.39 is 23.9 Å². The molecule has 0 radical (unpaired) electrons. The average Bonchev–Trinajstić information content (AvgIpc) is 2.94. The minimum Gasteiger partial charge on any atom is -0.435 e. The van der Waals surface area contributed by atoms with Crippen LogP contribution in [-0.2, 0) is 15.1 Å². The van der Waals surface area contributed by atoms with E-state index in [4.69, 9.17) is 10.5 Å². The zero-order valence-electron chi connectivity index (χ0n) is 16.2. The molecule has 2 aromatic rings. The van der Waals surface area contributed by atoms with Crippen LogP contribution in [-0.4, -0.2) is 44.1 Å². The third kappa shape index (κ3) is 3.82. The smallest absolute Gasteiger partial charge is 0.387 e. The van der Waals surface area contributed by atoms with Gasteiger partial charge in [-0.1, -0.05) is 30.0 Å². The van der Waals surface area contributed by atoms with E-state index in [1.807, 2.05) is 0 Å². The van der Waals surface area contributed by atoms with Crippen LogP contribution in [0.5, 0.6) is 5.75 Å². The molecule has 0 spiro atoms. The molecule has 1 aliphatic rings. The van der Waals surface area contributed by atoms with E-state index in [-0.39, 0.29) is 23.9 Å². The number of aliphatic imine (C=N–C) groups is 1. The molecule has 1 atom stereocenters. The van der Waals surface area contributed by atoms with Crippen LogP contribution in [0.25, 0.3) is 0 Å². The SMILES string of the molecule is COCC#Cc1cc([C@@]2(c3ccc(OC(F)F)cc3)N=C(N)N(C)C2=O)ccc1F. The zero-order valence-corrected chi connectivity index (χ0v) is 16.2. The number of ether oxygens (including phenoxy) is 2. The van der Waals surface area contributed by atoms with Crippen molar-refractivity contribution in [3.05, 3.63) is 65.0 Å². The van der Waals surface area contributed by atoms with Crippen LogP contribution in [0.4, 0.5) is 13.2 Å². The number of methoxy groups -OCH3 is 1.